The van der Waals surface area contributed by atoms with Gasteiger partial charge in [0.2, 0.25) is 0 Å². The molecule has 11 heteroatoms. The fourth-order valence-electron chi connectivity index (χ4n) is 4.55. The number of carbonyl (C=O) groups excluding carboxylic acids is 2. The number of nitrogens with zero attached hydrogens (tertiary/aromatic N) is 1. The predicted octanol–water partition coefficient (Wildman–Crippen LogP) is 6.02. The second-order valence-electron chi connectivity index (χ2n) is 9.32. The van der Waals surface area contributed by atoms with Gasteiger partial charge >= 0.3 is 6.03 Å². The molecular formula is C32H29N5O6. The summed E-state index contributed by atoms with van der Waals surface area (Å²) in [6, 6.07) is 24.0. The molecule has 1 heterocycles. The standard InChI is InChI=1S/C32H29N5O6/c1-41-22-15-19(18-38)14-20(16-22)35-29-17-21(12-13-34-29)43-28-11-10-26(23-6-3-4-7-24(23)28)36-32(40)37-27-9-5-8-25(31(33)39)30(27)42-2/h3-17,38H,18H2,1-2H3,(H2,33,39)(H,34,35)(H2,36,37,40). The van der Waals surface area contributed by atoms with Gasteiger partial charge < -0.3 is 41.0 Å². The Morgan fingerprint density at radius 3 is 2.37 bits per heavy atom. The van der Waals surface area contributed by atoms with Gasteiger partial charge in [-0.15, -0.1) is 0 Å². The van der Waals surface area contributed by atoms with Crippen molar-refractivity contribution in [2.75, 3.05) is 30.2 Å². The molecule has 43 heavy (non-hydrogen) atoms. The lowest BCUT2D eigenvalue weighted by Crippen LogP contribution is -2.21. The quantitative estimate of drug-likeness (QED) is 0.134. The molecule has 5 aromatic rings. The van der Waals surface area contributed by atoms with Crippen molar-refractivity contribution in [2.45, 2.75) is 6.61 Å². The normalized spacial score (nSPS) is 10.6. The zero-order valence-electron chi connectivity index (χ0n) is 23.4. The van der Waals surface area contributed by atoms with Gasteiger partial charge in [-0.1, -0.05) is 30.3 Å². The number of anilines is 4. The summed E-state index contributed by atoms with van der Waals surface area (Å²) in [6.07, 6.45) is 1.62. The van der Waals surface area contributed by atoms with E-state index in [0.29, 0.717) is 45.7 Å². The van der Waals surface area contributed by atoms with E-state index in [1.807, 2.05) is 24.3 Å². The van der Waals surface area contributed by atoms with Crippen molar-refractivity contribution in [1.29, 1.82) is 0 Å². The molecule has 5 rings (SSSR count). The highest BCUT2D eigenvalue weighted by Crippen LogP contribution is 2.36. The van der Waals surface area contributed by atoms with E-state index in [1.165, 1.54) is 13.2 Å². The second-order valence-corrected chi connectivity index (χ2v) is 9.32. The van der Waals surface area contributed by atoms with Crippen LogP contribution >= 0.6 is 0 Å². The summed E-state index contributed by atoms with van der Waals surface area (Å²) in [5, 5.41) is 19.9. The molecule has 1 aromatic heterocycles. The predicted molar refractivity (Wildman–Crippen MR) is 165 cm³/mol. The van der Waals surface area contributed by atoms with Crippen LogP contribution in [0.15, 0.2) is 91.1 Å². The minimum atomic E-state index is -0.671. The number of nitrogens with one attached hydrogen (secondary N) is 3. The Bertz CT molecular complexity index is 1790. The number of primary amides is 1. The number of urea groups is 1. The highest BCUT2D eigenvalue weighted by atomic mass is 16.5. The van der Waals surface area contributed by atoms with Crippen molar-refractivity contribution >= 4 is 45.6 Å². The number of rotatable bonds is 10. The minimum absolute atomic E-state index is 0.126. The average Bonchev–Trinajstić information content (AvgIpc) is 3.02. The summed E-state index contributed by atoms with van der Waals surface area (Å²) >= 11 is 0. The first-order chi connectivity index (χ1) is 20.9. The maximum Gasteiger partial charge on any atom is 0.323 e. The van der Waals surface area contributed by atoms with E-state index in [-0.39, 0.29) is 17.9 Å². The molecule has 0 aliphatic carbocycles. The van der Waals surface area contributed by atoms with Crippen molar-refractivity contribution < 1.29 is 28.9 Å². The number of aliphatic hydroxyl groups is 1. The first-order valence-corrected chi connectivity index (χ1v) is 13.1. The Kier molecular flexibility index (Phi) is 8.54. The number of aliphatic hydroxyl groups excluding tert-OH is 1. The van der Waals surface area contributed by atoms with Gasteiger partial charge in [-0.2, -0.15) is 0 Å². The summed E-state index contributed by atoms with van der Waals surface area (Å²) in [6.45, 7) is -0.126. The molecule has 0 unspecified atom stereocenters. The zero-order valence-corrected chi connectivity index (χ0v) is 23.4. The van der Waals surface area contributed by atoms with Crippen LogP contribution in [0, 0.1) is 0 Å². The van der Waals surface area contributed by atoms with Crippen molar-refractivity contribution in [3.8, 4) is 23.0 Å². The Hall–Kier alpha value is -5.81. The number of nitrogens with two attached hydrogens (primary N) is 1. The first kappa shape index (κ1) is 28.7. The molecule has 0 saturated heterocycles. The van der Waals surface area contributed by atoms with Gasteiger partial charge in [0, 0.05) is 34.8 Å². The van der Waals surface area contributed by atoms with Crippen LogP contribution in [-0.4, -0.2) is 36.2 Å². The van der Waals surface area contributed by atoms with Crippen LogP contribution in [0.5, 0.6) is 23.0 Å². The van der Waals surface area contributed by atoms with Crippen molar-refractivity contribution in [1.82, 2.24) is 4.98 Å². The molecule has 0 fully saturated rings. The van der Waals surface area contributed by atoms with Crippen LogP contribution in [-0.2, 0) is 6.61 Å². The van der Waals surface area contributed by atoms with Gasteiger partial charge in [-0.3, -0.25) is 4.79 Å². The van der Waals surface area contributed by atoms with E-state index < -0.39 is 11.9 Å². The third-order valence-electron chi connectivity index (χ3n) is 6.48. The molecule has 0 saturated carbocycles. The Morgan fingerprint density at radius 2 is 1.63 bits per heavy atom. The molecule has 0 radical (unpaired) electrons. The van der Waals surface area contributed by atoms with Crippen LogP contribution in [0.2, 0.25) is 0 Å². The molecule has 6 N–H and O–H groups in total. The van der Waals surface area contributed by atoms with Crippen LogP contribution < -0.4 is 35.9 Å². The van der Waals surface area contributed by atoms with Gasteiger partial charge in [0.25, 0.3) is 5.91 Å². The summed E-state index contributed by atoms with van der Waals surface area (Å²) in [7, 11) is 2.96. The molecule has 11 nitrogen and oxygen atoms in total. The highest BCUT2D eigenvalue weighted by molar-refractivity contribution is 6.08. The van der Waals surface area contributed by atoms with E-state index in [1.54, 1.807) is 67.9 Å². The van der Waals surface area contributed by atoms with Crippen LogP contribution in [0.25, 0.3) is 10.8 Å². The van der Waals surface area contributed by atoms with E-state index in [0.717, 1.165) is 10.8 Å². The number of amides is 3. The summed E-state index contributed by atoms with van der Waals surface area (Å²) < 4.78 is 16.9. The molecule has 3 amide bonds. The van der Waals surface area contributed by atoms with Gasteiger partial charge in [0.15, 0.2) is 5.75 Å². The number of ether oxygens (including phenoxy) is 3. The second kappa shape index (κ2) is 12.8. The maximum atomic E-state index is 13.0. The number of pyridine rings is 1. The summed E-state index contributed by atoms with van der Waals surface area (Å²) in [4.78, 5) is 29.1. The summed E-state index contributed by atoms with van der Waals surface area (Å²) in [5.74, 6) is 1.74. The Balaban J connectivity index is 1.36. The molecular weight excluding hydrogens is 550 g/mol. The van der Waals surface area contributed by atoms with Crippen molar-refractivity contribution in [3.63, 3.8) is 0 Å². The monoisotopic (exact) mass is 579 g/mol. The van der Waals surface area contributed by atoms with Crippen molar-refractivity contribution in [3.05, 3.63) is 102 Å². The van der Waals surface area contributed by atoms with Crippen LogP contribution in [0.3, 0.4) is 0 Å². The van der Waals surface area contributed by atoms with E-state index in [2.05, 4.69) is 20.9 Å². The number of carbonyl (C=O) groups is 2. The fraction of sp³-hybridized carbons (Fsp3) is 0.0938. The molecule has 0 atom stereocenters. The molecule has 0 spiro atoms. The Morgan fingerprint density at radius 1 is 0.837 bits per heavy atom. The number of aromatic nitrogens is 1. The van der Waals surface area contributed by atoms with Gasteiger partial charge in [-0.05, 0) is 48.0 Å². The first-order valence-electron chi connectivity index (χ1n) is 13.1. The SMILES string of the molecule is COc1cc(CO)cc(Nc2cc(Oc3ccc(NC(=O)Nc4cccc(C(N)=O)c4OC)c4ccccc34)ccn2)c1. The fourth-order valence-corrected chi connectivity index (χ4v) is 4.55. The number of hydrogen-bond acceptors (Lipinski definition) is 8. The maximum absolute atomic E-state index is 13.0. The van der Waals surface area contributed by atoms with E-state index in [9.17, 15) is 14.7 Å². The Labute approximate surface area is 247 Å². The van der Waals surface area contributed by atoms with Gasteiger partial charge in [0.05, 0.1) is 37.8 Å². The number of methoxy groups -OCH3 is 2. The average molecular weight is 580 g/mol. The third kappa shape index (κ3) is 6.58. The lowest BCUT2D eigenvalue weighted by Gasteiger charge is -2.16. The number of fused-ring (bicyclic) bond motifs is 1. The van der Waals surface area contributed by atoms with E-state index >= 15 is 0 Å². The third-order valence-corrected chi connectivity index (χ3v) is 6.48. The molecule has 0 bridgehead atoms. The van der Waals surface area contributed by atoms with Crippen LogP contribution in [0.1, 0.15) is 15.9 Å². The molecule has 0 aliphatic rings. The highest BCUT2D eigenvalue weighted by Gasteiger charge is 2.16. The van der Waals surface area contributed by atoms with E-state index in [4.69, 9.17) is 19.9 Å². The molecule has 218 valence electrons. The smallest absolute Gasteiger partial charge is 0.323 e. The topological polar surface area (TPSA) is 157 Å². The lowest BCUT2D eigenvalue weighted by atomic mass is 10.1. The number of benzene rings is 4. The van der Waals surface area contributed by atoms with Crippen LogP contribution in [0.4, 0.5) is 27.7 Å². The van der Waals surface area contributed by atoms with Gasteiger partial charge in [0.1, 0.15) is 23.1 Å². The number of para-hydroxylation sites is 1. The summed E-state index contributed by atoms with van der Waals surface area (Å²) in [5.41, 5.74) is 7.82. The zero-order chi connectivity index (χ0) is 30.3. The minimum Gasteiger partial charge on any atom is -0.497 e. The van der Waals surface area contributed by atoms with Crippen molar-refractivity contribution in [2.24, 2.45) is 5.73 Å². The number of hydrogen-bond donors (Lipinski definition) is 5. The molecule has 4 aromatic carbocycles. The molecule has 0 aliphatic heterocycles. The van der Waals surface area contributed by atoms with Gasteiger partial charge in [-0.25, -0.2) is 9.78 Å². The lowest BCUT2D eigenvalue weighted by molar-refractivity contribution is 0.0997. The largest absolute Gasteiger partial charge is 0.497 e.